The van der Waals surface area contributed by atoms with Gasteiger partial charge in [-0.05, 0) is 74.9 Å². The Kier molecular flexibility index (Phi) is 6.85. The number of ether oxygens (including phenoxy) is 3. The quantitative estimate of drug-likeness (QED) is 0.713. The van der Waals surface area contributed by atoms with E-state index >= 15 is 0 Å². The average molecular weight is 425 g/mol. The van der Waals surface area contributed by atoms with E-state index in [4.69, 9.17) is 14.2 Å². The molecule has 31 heavy (non-hydrogen) atoms. The predicted octanol–water partition coefficient (Wildman–Crippen LogP) is 4.42. The number of anilines is 1. The fraction of sp³-hybridized carbons (Fsp3) is 0.480. The van der Waals surface area contributed by atoms with Gasteiger partial charge in [0.2, 0.25) is 5.75 Å². The third kappa shape index (κ3) is 5.06. The second-order valence-corrected chi connectivity index (χ2v) is 8.30. The van der Waals surface area contributed by atoms with E-state index in [0.29, 0.717) is 17.2 Å². The van der Waals surface area contributed by atoms with Crippen molar-refractivity contribution in [3.63, 3.8) is 0 Å². The predicted molar refractivity (Wildman–Crippen MR) is 122 cm³/mol. The van der Waals surface area contributed by atoms with E-state index in [9.17, 15) is 4.79 Å². The maximum Gasteiger partial charge on any atom is 0.251 e. The maximum absolute atomic E-state index is 12.7. The van der Waals surface area contributed by atoms with Crippen molar-refractivity contribution in [1.29, 1.82) is 0 Å². The summed E-state index contributed by atoms with van der Waals surface area (Å²) in [5.41, 5.74) is 1.93. The Bertz CT molecular complexity index is 870. The molecule has 1 amide bonds. The molecule has 0 aromatic heterocycles. The smallest absolute Gasteiger partial charge is 0.251 e. The minimum absolute atomic E-state index is 0.00630. The van der Waals surface area contributed by atoms with Gasteiger partial charge in [0.05, 0.1) is 20.3 Å². The van der Waals surface area contributed by atoms with E-state index in [1.54, 1.807) is 14.2 Å². The molecule has 1 saturated carbocycles. The Morgan fingerprint density at radius 2 is 1.58 bits per heavy atom. The van der Waals surface area contributed by atoms with Crippen LogP contribution < -0.4 is 24.4 Å². The molecule has 1 saturated heterocycles. The molecule has 0 unspecified atom stereocenters. The minimum Gasteiger partial charge on any atom is -0.493 e. The topological polar surface area (TPSA) is 60.0 Å². The van der Waals surface area contributed by atoms with E-state index < -0.39 is 0 Å². The van der Waals surface area contributed by atoms with Gasteiger partial charge in [0.15, 0.2) is 11.5 Å². The first-order chi connectivity index (χ1) is 15.2. The number of methoxy groups -OCH3 is 2. The van der Waals surface area contributed by atoms with E-state index in [0.717, 1.165) is 44.3 Å². The average Bonchev–Trinajstić information content (AvgIpc) is 3.35. The molecule has 4 rings (SSSR count). The van der Waals surface area contributed by atoms with Crippen LogP contribution in [0.3, 0.4) is 0 Å². The first kappa shape index (κ1) is 21.3. The van der Waals surface area contributed by atoms with Crippen molar-refractivity contribution >= 4 is 11.6 Å². The first-order valence-corrected chi connectivity index (χ1v) is 11.2. The lowest BCUT2D eigenvalue weighted by Crippen LogP contribution is -2.39. The van der Waals surface area contributed by atoms with Crippen molar-refractivity contribution in [2.75, 3.05) is 32.2 Å². The van der Waals surface area contributed by atoms with E-state index in [-0.39, 0.29) is 18.1 Å². The van der Waals surface area contributed by atoms with Crippen LogP contribution in [0.25, 0.3) is 0 Å². The summed E-state index contributed by atoms with van der Waals surface area (Å²) in [6, 6.07) is 13.8. The second-order valence-electron chi connectivity index (χ2n) is 8.30. The number of carbonyl (C=O) groups excluding carboxylic acids is 1. The SMILES string of the molecule is COc1cccc(OC2CCC(NC(=O)c3ccc(N4CCCC4)cc3)CC2)c1OC. The Labute approximate surface area is 184 Å². The van der Waals surface area contributed by atoms with Crippen molar-refractivity contribution in [2.24, 2.45) is 0 Å². The maximum atomic E-state index is 12.7. The molecule has 0 radical (unpaired) electrons. The fourth-order valence-corrected chi connectivity index (χ4v) is 4.52. The van der Waals surface area contributed by atoms with E-state index in [2.05, 4.69) is 22.3 Å². The number of benzene rings is 2. The van der Waals surface area contributed by atoms with E-state index in [1.165, 1.54) is 18.5 Å². The number of hydrogen-bond acceptors (Lipinski definition) is 5. The lowest BCUT2D eigenvalue weighted by atomic mass is 9.92. The number of rotatable bonds is 7. The molecular formula is C25H32N2O4. The molecule has 6 nitrogen and oxygen atoms in total. The Hall–Kier alpha value is -2.89. The van der Waals surface area contributed by atoms with Crippen LogP contribution in [-0.4, -0.2) is 45.4 Å². The van der Waals surface area contributed by atoms with Crippen LogP contribution in [0.15, 0.2) is 42.5 Å². The van der Waals surface area contributed by atoms with E-state index in [1.807, 2.05) is 30.3 Å². The summed E-state index contributed by atoms with van der Waals surface area (Å²) in [5.74, 6) is 1.99. The van der Waals surface area contributed by atoms with Gasteiger partial charge in [0.25, 0.3) is 5.91 Å². The van der Waals surface area contributed by atoms with Crippen LogP contribution in [0.1, 0.15) is 48.9 Å². The highest BCUT2D eigenvalue weighted by atomic mass is 16.5. The molecule has 6 heteroatoms. The molecule has 2 aromatic carbocycles. The standard InChI is InChI=1S/C25H32N2O4/c1-29-22-6-5-7-23(24(22)30-2)31-21-14-10-19(11-15-21)26-25(28)18-8-12-20(13-9-18)27-16-3-4-17-27/h5-9,12-13,19,21H,3-4,10-11,14-17H2,1-2H3,(H,26,28). The lowest BCUT2D eigenvalue weighted by Gasteiger charge is -2.30. The summed E-state index contributed by atoms with van der Waals surface area (Å²) >= 11 is 0. The van der Waals surface area contributed by atoms with Crippen molar-refractivity contribution in [2.45, 2.75) is 50.7 Å². The normalized spacial score (nSPS) is 20.9. The molecular weight excluding hydrogens is 392 g/mol. The summed E-state index contributed by atoms with van der Waals surface area (Å²) in [6.45, 7) is 2.22. The van der Waals surface area contributed by atoms with Crippen LogP contribution in [0.2, 0.25) is 0 Å². The van der Waals surface area contributed by atoms with Crippen LogP contribution >= 0.6 is 0 Å². The van der Waals surface area contributed by atoms with Gasteiger partial charge in [0.1, 0.15) is 0 Å². The van der Waals surface area contributed by atoms with Crippen LogP contribution in [0, 0.1) is 0 Å². The Balaban J connectivity index is 1.28. The third-order valence-electron chi connectivity index (χ3n) is 6.27. The third-order valence-corrected chi connectivity index (χ3v) is 6.27. The minimum atomic E-state index is 0.00630. The van der Waals surface area contributed by atoms with Gasteiger partial charge in [0, 0.05) is 30.4 Å². The second kappa shape index (κ2) is 9.94. The number of para-hydroxylation sites is 1. The highest BCUT2D eigenvalue weighted by Crippen LogP contribution is 2.38. The summed E-state index contributed by atoms with van der Waals surface area (Å²) in [4.78, 5) is 15.1. The van der Waals surface area contributed by atoms with Gasteiger partial charge in [-0.15, -0.1) is 0 Å². The molecule has 0 atom stereocenters. The van der Waals surface area contributed by atoms with Gasteiger partial charge in [-0.2, -0.15) is 0 Å². The van der Waals surface area contributed by atoms with Crippen molar-refractivity contribution in [3.05, 3.63) is 48.0 Å². The molecule has 1 aliphatic carbocycles. The fourth-order valence-electron chi connectivity index (χ4n) is 4.52. The molecule has 166 valence electrons. The summed E-state index contributed by atoms with van der Waals surface area (Å²) in [7, 11) is 3.24. The van der Waals surface area contributed by atoms with Gasteiger partial charge in [-0.25, -0.2) is 0 Å². The van der Waals surface area contributed by atoms with Gasteiger partial charge in [-0.1, -0.05) is 6.07 Å². The molecule has 1 aliphatic heterocycles. The van der Waals surface area contributed by atoms with Gasteiger partial charge in [-0.3, -0.25) is 4.79 Å². The molecule has 2 fully saturated rings. The van der Waals surface area contributed by atoms with Gasteiger partial charge < -0.3 is 24.4 Å². The van der Waals surface area contributed by atoms with Crippen molar-refractivity contribution in [1.82, 2.24) is 5.32 Å². The molecule has 0 bridgehead atoms. The number of nitrogens with zero attached hydrogens (tertiary/aromatic N) is 1. The van der Waals surface area contributed by atoms with Crippen LogP contribution in [0.4, 0.5) is 5.69 Å². The summed E-state index contributed by atoms with van der Waals surface area (Å²) in [5, 5.41) is 3.20. The highest BCUT2D eigenvalue weighted by molar-refractivity contribution is 5.94. The highest BCUT2D eigenvalue weighted by Gasteiger charge is 2.25. The van der Waals surface area contributed by atoms with Crippen LogP contribution in [-0.2, 0) is 0 Å². The lowest BCUT2D eigenvalue weighted by molar-refractivity contribution is 0.0891. The summed E-state index contributed by atoms with van der Waals surface area (Å²) < 4.78 is 17.0. The molecule has 0 spiro atoms. The molecule has 2 aromatic rings. The zero-order valence-corrected chi connectivity index (χ0v) is 18.4. The first-order valence-electron chi connectivity index (χ1n) is 11.2. The molecule has 1 heterocycles. The van der Waals surface area contributed by atoms with Crippen LogP contribution in [0.5, 0.6) is 17.2 Å². The summed E-state index contributed by atoms with van der Waals surface area (Å²) in [6.07, 6.45) is 6.17. The number of amides is 1. The number of carbonyl (C=O) groups is 1. The molecule has 2 aliphatic rings. The zero-order chi connectivity index (χ0) is 21.6. The molecule has 1 N–H and O–H groups in total. The number of hydrogen-bond donors (Lipinski definition) is 1. The Morgan fingerprint density at radius 3 is 2.23 bits per heavy atom. The van der Waals surface area contributed by atoms with Crippen molar-refractivity contribution in [3.8, 4) is 17.2 Å². The van der Waals surface area contributed by atoms with Crippen molar-refractivity contribution < 1.29 is 19.0 Å². The van der Waals surface area contributed by atoms with Gasteiger partial charge >= 0.3 is 0 Å². The largest absolute Gasteiger partial charge is 0.493 e. The Morgan fingerprint density at radius 1 is 0.903 bits per heavy atom. The zero-order valence-electron chi connectivity index (χ0n) is 18.4. The monoisotopic (exact) mass is 424 g/mol. The number of nitrogens with one attached hydrogen (secondary N) is 1.